The summed E-state index contributed by atoms with van der Waals surface area (Å²) in [4.78, 5) is 11.3. The molecule has 0 aliphatic heterocycles. The fourth-order valence-electron chi connectivity index (χ4n) is 2.83. The van der Waals surface area contributed by atoms with Crippen LogP contribution < -0.4 is 0 Å². The average Bonchev–Trinajstić information content (AvgIpc) is 2.34. The monoisotopic (exact) mass is 264 g/mol. The Bertz CT molecular complexity index is 344. The molecule has 0 heterocycles. The van der Waals surface area contributed by atoms with Crippen molar-refractivity contribution in [3.05, 3.63) is 23.3 Å². The van der Waals surface area contributed by atoms with E-state index >= 15 is 0 Å². The molecule has 2 unspecified atom stereocenters. The summed E-state index contributed by atoms with van der Waals surface area (Å²) in [5.41, 5.74) is 2.19. The molecule has 2 heteroatoms. The van der Waals surface area contributed by atoms with E-state index < -0.39 is 0 Å². The van der Waals surface area contributed by atoms with Crippen molar-refractivity contribution in [2.45, 2.75) is 71.8 Å². The highest BCUT2D eigenvalue weighted by atomic mass is 16.3. The van der Waals surface area contributed by atoms with Gasteiger partial charge in [-0.2, -0.15) is 0 Å². The summed E-state index contributed by atoms with van der Waals surface area (Å²) in [5, 5.41) is 9.08. The molecule has 1 N–H and O–H groups in total. The maximum absolute atomic E-state index is 11.3. The van der Waals surface area contributed by atoms with Gasteiger partial charge in [-0.1, -0.05) is 37.5 Å². The average molecular weight is 264 g/mol. The summed E-state index contributed by atoms with van der Waals surface area (Å²) in [6.45, 7) is 6.21. The second-order valence-corrected chi connectivity index (χ2v) is 5.90. The van der Waals surface area contributed by atoms with Crippen molar-refractivity contribution >= 4 is 5.78 Å². The largest absolute Gasteiger partial charge is 0.393 e. The molecule has 0 spiro atoms. The minimum Gasteiger partial charge on any atom is -0.393 e. The highest BCUT2D eigenvalue weighted by Crippen LogP contribution is 2.23. The van der Waals surface area contributed by atoms with E-state index in [1.807, 2.05) is 26.0 Å². The second-order valence-electron chi connectivity index (χ2n) is 5.90. The Morgan fingerprint density at radius 3 is 2.42 bits per heavy atom. The number of hydrogen-bond acceptors (Lipinski definition) is 2. The minimum absolute atomic E-state index is 0.0127. The molecule has 0 aromatic rings. The van der Waals surface area contributed by atoms with Crippen molar-refractivity contribution in [3.8, 4) is 0 Å². The van der Waals surface area contributed by atoms with E-state index in [0.717, 1.165) is 43.6 Å². The molecule has 2 atom stereocenters. The fourth-order valence-corrected chi connectivity index (χ4v) is 2.83. The molecule has 0 bridgehead atoms. The standard InChI is InChI=1S/C10H14O.C7H14O/c1-3-5-9-8(2)6-4-7-10(9)11;1-6-3-2-4-7(8)5-6/h3,5H,4,6-7H2,1-2H3;6-8H,2-5H2,1H3/b5-3-;. The maximum Gasteiger partial charge on any atom is 0.162 e. The summed E-state index contributed by atoms with van der Waals surface area (Å²) in [6, 6.07) is 0. The lowest BCUT2D eigenvalue weighted by molar-refractivity contribution is -0.115. The van der Waals surface area contributed by atoms with Gasteiger partial charge in [-0.25, -0.2) is 0 Å². The van der Waals surface area contributed by atoms with E-state index in [1.54, 1.807) is 0 Å². The molecule has 1 saturated carbocycles. The van der Waals surface area contributed by atoms with Crippen LogP contribution in [0.2, 0.25) is 0 Å². The number of hydrogen-bond donors (Lipinski definition) is 1. The smallest absolute Gasteiger partial charge is 0.162 e. The Morgan fingerprint density at radius 2 is 1.95 bits per heavy atom. The Kier molecular flexibility index (Phi) is 7.07. The van der Waals surface area contributed by atoms with Gasteiger partial charge in [-0.3, -0.25) is 4.79 Å². The van der Waals surface area contributed by atoms with Crippen molar-refractivity contribution in [3.63, 3.8) is 0 Å². The van der Waals surface area contributed by atoms with Crippen molar-refractivity contribution in [2.24, 2.45) is 5.92 Å². The number of aliphatic hydroxyl groups excluding tert-OH is 1. The van der Waals surface area contributed by atoms with E-state index in [2.05, 4.69) is 6.92 Å². The zero-order chi connectivity index (χ0) is 14.3. The highest BCUT2D eigenvalue weighted by Gasteiger charge is 2.15. The Morgan fingerprint density at radius 1 is 1.21 bits per heavy atom. The zero-order valence-corrected chi connectivity index (χ0v) is 12.6. The van der Waals surface area contributed by atoms with Gasteiger partial charge in [0.2, 0.25) is 0 Å². The van der Waals surface area contributed by atoms with Gasteiger partial charge in [0.15, 0.2) is 5.78 Å². The molecule has 0 saturated heterocycles. The maximum atomic E-state index is 11.3. The predicted octanol–water partition coefficient (Wildman–Crippen LogP) is 4.19. The molecule has 2 aliphatic rings. The summed E-state index contributed by atoms with van der Waals surface area (Å²) in [7, 11) is 0. The summed E-state index contributed by atoms with van der Waals surface area (Å²) in [6.07, 6.45) is 11.3. The first kappa shape index (κ1) is 16.2. The second kappa shape index (κ2) is 8.31. The van der Waals surface area contributed by atoms with Gasteiger partial charge in [0.25, 0.3) is 0 Å². The van der Waals surface area contributed by atoms with Crippen LogP contribution in [0.5, 0.6) is 0 Å². The number of carbonyl (C=O) groups is 1. The van der Waals surface area contributed by atoms with E-state index in [-0.39, 0.29) is 6.10 Å². The van der Waals surface area contributed by atoms with Crippen LogP contribution >= 0.6 is 0 Å². The topological polar surface area (TPSA) is 37.3 Å². The van der Waals surface area contributed by atoms with E-state index in [1.165, 1.54) is 18.4 Å². The van der Waals surface area contributed by atoms with Crippen molar-refractivity contribution in [1.82, 2.24) is 0 Å². The van der Waals surface area contributed by atoms with Gasteiger partial charge in [0, 0.05) is 12.0 Å². The van der Waals surface area contributed by atoms with Gasteiger partial charge < -0.3 is 5.11 Å². The van der Waals surface area contributed by atoms with Crippen molar-refractivity contribution in [1.29, 1.82) is 0 Å². The number of Topliss-reactive ketones (excluding diaryl/α,β-unsaturated/α-hetero) is 1. The molecule has 108 valence electrons. The molecule has 2 rings (SSSR count). The third-order valence-electron chi connectivity index (χ3n) is 3.96. The quantitative estimate of drug-likeness (QED) is 0.771. The van der Waals surface area contributed by atoms with Crippen LogP contribution in [0.4, 0.5) is 0 Å². The van der Waals surface area contributed by atoms with Crippen LogP contribution in [-0.2, 0) is 4.79 Å². The molecule has 2 aliphatic carbocycles. The predicted molar refractivity (Wildman–Crippen MR) is 80.0 cm³/mol. The van der Waals surface area contributed by atoms with Gasteiger partial charge in [-0.15, -0.1) is 0 Å². The van der Waals surface area contributed by atoms with Crippen LogP contribution in [0.25, 0.3) is 0 Å². The van der Waals surface area contributed by atoms with Gasteiger partial charge in [0.1, 0.15) is 0 Å². The Balaban J connectivity index is 0.000000200. The van der Waals surface area contributed by atoms with Gasteiger partial charge in [-0.05, 0) is 45.4 Å². The molecule has 0 radical (unpaired) electrons. The molecule has 2 nitrogen and oxygen atoms in total. The van der Waals surface area contributed by atoms with Crippen LogP contribution in [0.1, 0.15) is 65.7 Å². The molecular weight excluding hydrogens is 236 g/mol. The van der Waals surface area contributed by atoms with Crippen LogP contribution in [-0.4, -0.2) is 17.0 Å². The summed E-state index contributed by atoms with van der Waals surface area (Å²) >= 11 is 0. The van der Waals surface area contributed by atoms with Crippen molar-refractivity contribution in [2.75, 3.05) is 0 Å². The molecule has 0 aromatic carbocycles. The first-order valence-corrected chi connectivity index (χ1v) is 7.58. The molecular formula is C17H28O2. The van der Waals surface area contributed by atoms with Crippen LogP contribution in [0.15, 0.2) is 23.3 Å². The Labute approximate surface area is 117 Å². The minimum atomic E-state index is 0.0127. The molecule has 0 amide bonds. The highest BCUT2D eigenvalue weighted by molar-refractivity contribution is 5.99. The number of ketones is 1. The van der Waals surface area contributed by atoms with Crippen LogP contribution in [0.3, 0.4) is 0 Å². The summed E-state index contributed by atoms with van der Waals surface area (Å²) in [5.74, 6) is 1.07. The first-order valence-electron chi connectivity index (χ1n) is 7.58. The van der Waals surface area contributed by atoms with E-state index in [4.69, 9.17) is 5.11 Å². The number of carbonyl (C=O) groups excluding carboxylic acids is 1. The number of aliphatic hydroxyl groups is 1. The van der Waals surface area contributed by atoms with E-state index in [9.17, 15) is 4.79 Å². The number of allylic oxidation sites excluding steroid dienone is 4. The normalized spacial score (nSPS) is 28.3. The third-order valence-corrected chi connectivity index (χ3v) is 3.96. The first-order chi connectivity index (χ1) is 9.04. The lowest BCUT2D eigenvalue weighted by Gasteiger charge is -2.21. The lowest BCUT2D eigenvalue weighted by atomic mass is 9.89. The Hall–Kier alpha value is -0.890. The summed E-state index contributed by atoms with van der Waals surface area (Å²) < 4.78 is 0. The van der Waals surface area contributed by atoms with E-state index in [0.29, 0.717) is 5.78 Å². The van der Waals surface area contributed by atoms with Gasteiger partial charge >= 0.3 is 0 Å². The SMILES string of the molecule is C/C=C\C1=C(C)CCCC1=O.CC1CCCC(O)C1. The zero-order valence-electron chi connectivity index (χ0n) is 12.6. The molecule has 0 aromatic heterocycles. The van der Waals surface area contributed by atoms with Crippen LogP contribution in [0, 0.1) is 5.92 Å². The lowest BCUT2D eigenvalue weighted by Crippen LogP contribution is -2.16. The number of rotatable bonds is 1. The molecule has 19 heavy (non-hydrogen) atoms. The fraction of sp³-hybridized carbons (Fsp3) is 0.706. The molecule has 1 fully saturated rings. The third kappa shape index (κ3) is 5.73. The van der Waals surface area contributed by atoms with Crippen molar-refractivity contribution < 1.29 is 9.90 Å². The van der Waals surface area contributed by atoms with Gasteiger partial charge in [0.05, 0.1) is 6.10 Å².